The van der Waals surface area contributed by atoms with Gasteiger partial charge < -0.3 is 9.53 Å². The van der Waals surface area contributed by atoms with E-state index in [1.165, 1.54) is 57.9 Å². The molecule has 0 amide bonds. The van der Waals surface area contributed by atoms with Crippen molar-refractivity contribution < 1.29 is 19.1 Å². The minimum Gasteiger partial charge on any atom is -0.465 e. The number of allylic oxidation sites excluding steroid dienone is 16. The average molecular weight is 733 g/mol. The van der Waals surface area contributed by atoms with E-state index in [4.69, 9.17) is 4.74 Å². The third kappa shape index (κ3) is 35.5. The monoisotopic (exact) mass is 733 g/mol. The van der Waals surface area contributed by atoms with Gasteiger partial charge in [0.25, 0.3) is 0 Å². The number of esters is 1. The molecule has 53 heavy (non-hydrogen) atoms. The maximum Gasteiger partial charge on any atom is 0.316 e. The standard InChI is InChI=1S/C26H42O3.C23H38O/c1-8-29-26(28)25(24(7)27)19-18-23(6)17-11-16-22(5)15-10-14-21(4)13-9-12-20(2)3;1-19(2)11-7-12-20(3)13-8-14-21(4)15-9-16-22(5)17-10-18-23(6)24/h12,14,16,18,25H,8-11,13,15,17,19H2,1-7H3;11,13,15,17H,7-10,12,14,16,18H2,1-6H3/b21-14+,22-16+,23-18-;20-13+,21-15+,22-17-. The minimum absolute atomic E-state index is 0.132. The molecule has 4 nitrogen and oxygen atoms in total. The summed E-state index contributed by atoms with van der Waals surface area (Å²) >= 11 is 0. The summed E-state index contributed by atoms with van der Waals surface area (Å²) in [5.74, 6) is -0.940. The lowest BCUT2D eigenvalue weighted by molar-refractivity contribution is -0.151. The van der Waals surface area contributed by atoms with Gasteiger partial charge in [0, 0.05) is 6.42 Å². The SMILES string of the molecule is CC(=O)CC/C=C(/C)CC/C=C(\C)CC/C=C(\C)CCC=C(C)C.CCOC(=O)C(C/C=C(/C)CC/C=C(\C)CC/C=C(\C)CCC=C(C)C)C(C)=O. The zero-order valence-corrected chi connectivity index (χ0v) is 36.6. The molecule has 0 rings (SSSR count). The van der Waals surface area contributed by atoms with Crippen molar-refractivity contribution in [2.24, 2.45) is 5.92 Å². The zero-order chi connectivity index (χ0) is 40.6. The number of Topliss-reactive ketones (excluding diaryl/α,β-unsaturated/α-hetero) is 2. The van der Waals surface area contributed by atoms with Gasteiger partial charge in [0.2, 0.25) is 0 Å². The van der Waals surface area contributed by atoms with Crippen molar-refractivity contribution in [3.63, 3.8) is 0 Å². The lowest BCUT2D eigenvalue weighted by atomic mass is 9.98. The normalized spacial score (nSPS) is 13.5. The fraction of sp³-hybridized carbons (Fsp3) is 0.612. The molecule has 0 aromatic rings. The van der Waals surface area contributed by atoms with E-state index in [1.807, 2.05) is 6.08 Å². The molecule has 0 saturated heterocycles. The molecule has 4 heteroatoms. The Morgan fingerprint density at radius 2 is 0.698 bits per heavy atom. The average Bonchev–Trinajstić information content (AvgIpc) is 3.04. The van der Waals surface area contributed by atoms with Crippen LogP contribution in [0, 0.1) is 5.92 Å². The second kappa shape index (κ2) is 33.3. The summed E-state index contributed by atoms with van der Waals surface area (Å²) < 4.78 is 4.99. The molecule has 1 unspecified atom stereocenters. The van der Waals surface area contributed by atoms with E-state index in [0.717, 1.165) is 77.0 Å². The van der Waals surface area contributed by atoms with Crippen LogP contribution in [0.15, 0.2) is 93.2 Å². The molecular weight excluding hydrogens is 653 g/mol. The van der Waals surface area contributed by atoms with Gasteiger partial charge in [-0.15, -0.1) is 0 Å². The number of carbonyl (C=O) groups excluding carboxylic acids is 3. The predicted octanol–water partition coefficient (Wildman–Crippen LogP) is 14.8. The quantitative estimate of drug-likeness (QED) is 0.0505. The third-order valence-corrected chi connectivity index (χ3v) is 9.06. The molecule has 0 bridgehead atoms. The number of hydrogen-bond donors (Lipinski definition) is 0. The summed E-state index contributed by atoms with van der Waals surface area (Å²) in [5, 5.41) is 0. The molecule has 0 saturated carbocycles. The highest BCUT2D eigenvalue weighted by Gasteiger charge is 2.23. The molecule has 1 atom stereocenters. The van der Waals surface area contributed by atoms with Crippen LogP contribution < -0.4 is 0 Å². The third-order valence-electron chi connectivity index (χ3n) is 9.06. The summed E-state index contributed by atoms with van der Waals surface area (Å²) in [4.78, 5) is 34.4. The molecule has 300 valence electrons. The maximum absolute atomic E-state index is 11.8. The molecular formula is C49H80O4. The largest absolute Gasteiger partial charge is 0.465 e. The van der Waals surface area contributed by atoms with Crippen molar-refractivity contribution in [2.45, 2.75) is 186 Å². The second-order valence-electron chi connectivity index (χ2n) is 15.5. The lowest BCUT2D eigenvalue weighted by Crippen LogP contribution is -2.23. The van der Waals surface area contributed by atoms with Gasteiger partial charge in [-0.05, 0) is 180 Å². The van der Waals surface area contributed by atoms with Gasteiger partial charge in [0.1, 0.15) is 17.5 Å². The summed E-state index contributed by atoms with van der Waals surface area (Å²) in [7, 11) is 0. The summed E-state index contributed by atoms with van der Waals surface area (Å²) in [6.07, 6.45) is 33.5. The van der Waals surface area contributed by atoms with Gasteiger partial charge in [-0.25, -0.2) is 0 Å². The highest BCUT2D eigenvalue weighted by Crippen LogP contribution is 2.17. The number of hydrogen-bond acceptors (Lipinski definition) is 4. The van der Waals surface area contributed by atoms with Crippen LogP contribution in [0.5, 0.6) is 0 Å². The fourth-order valence-electron chi connectivity index (χ4n) is 5.49. The molecule has 0 radical (unpaired) electrons. The van der Waals surface area contributed by atoms with Crippen molar-refractivity contribution in [1.82, 2.24) is 0 Å². The first-order valence-corrected chi connectivity index (χ1v) is 20.3. The van der Waals surface area contributed by atoms with Crippen LogP contribution >= 0.6 is 0 Å². The molecule has 0 aliphatic heterocycles. The van der Waals surface area contributed by atoms with Crippen LogP contribution in [0.3, 0.4) is 0 Å². The molecule has 0 aromatic heterocycles. The number of ether oxygens (including phenoxy) is 1. The second-order valence-corrected chi connectivity index (χ2v) is 15.5. The summed E-state index contributed by atoms with van der Waals surface area (Å²) in [6.45, 7) is 26.9. The van der Waals surface area contributed by atoms with Crippen LogP contribution in [0.2, 0.25) is 0 Å². The van der Waals surface area contributed by atoms with E-state index in [9.17, 15) is 14.4 Å². The highest BCUT2D eigenvalue weighted by molar-refractivity contribution is 5.97. The van der Waals surface area contributed by atoms with E-state index in [-0.39, 0.29) is 11.6 Å². The van der Waals surface area contributed by atoms with Gasteiger partial charge >= 0.3 is 5.97 Å². The number of rotatable bonds is 26. The first kappa shape index (κ1) is 51.8. The minimum atomic E-state index is -0.672. The van der Waals surface area contributed by atoms with Gasteiger partial charge in [0.15, 0.2) is 0 Å². The first-order chi connectivity index (χ1) is 25.0. The van der Waals surface area contributed by atoms with Crippen molar-refractivity contribution in [3.8, 4) is 0 Å². The van der Waals surface area contributed by atoms with Crippen molar-refractivity contribution in [2.75, 3.05) is 6.61 Å². The molecule has 0 N–H and O–H groups in total. The lowest BCUT2D eigenvalue weighted by Gasteiger charge is -2.10. The van der Waals surface area contributed by atoms with Gasteiger partial charge in [-0.3, -0.25) is 9.59 Å². The summed E-state index contributed by atoms with van der Waals surface area (Å²) in [5.41, 5.74) is 11.3. The van der Waals surface area contributed by atoms with E-state index < -0.39 is 11.9 Å². The van der Waals surface area contributed by atoms with Gasteiger partial charge in [0.05, 0.1) is 6.61 Å². The Bertz CT molecular complexity index is 1310. The number of carbonyl (C=O) groups is 3. The van der Waals surface area contributed by atoms with E-state index in [1.54, 1.807) is 13.8 Å². The Hall–Kier alpha value is -3.27. The van der Waals surface area contributed by atoms with Crippen LogP contribution in [0.1, 0.15) is 186 Å². The Labute approximate surface area is 327 Å². The van der Waals surface area contributed by atoms with E-state index in [2.05, 4.69) is 112 Å². The molecule has 0 fully saturated rings. The van der Waals surface area contributed by atoms with Crippen LogP contribution in [-0.4, -0.2) is 24.1 Å². The Morgan fingerprint density at radius 3 is 0.962 bits per heavy atom. The fourth-order valence-corrected chi connectivity index (χ4v) is 5.49. The van der Waals surface area contributed by atoms with Crippen LogP contribution in [-0.2, 0) is 19.1 Å². The molecule has 0 aromatic carbocycles. The molecule has 0 spiro atoms. The number of ketones is 2. The summed E-state index contributed by atoms with van der Waals surface area (Å²) in [6, 6.07) is 0. The molecule has 0 aliphatic rings. The predicted molar refractivity (Wildman–Crippen MR) is 232 cm³/mol. The highest BCUT2D eigenvalue weighted by atomic mass is 16.5. The Balaban J connectivity index is 0. The zero-order valence-electron chi connectivity index (χ0n) is 36.6. The first-order valence-electron chi connectivity index (χ1n) is 20.3. The van der Waals surface area contributed by atoms with Gasteiger partial charge in [-0.2, -0.15) is 0 Å². The van der Waals surface area contributed by atoms with Crippen LogP contribution in [0.4, 0.5) is 0 Å². The van der Waals surface area contributed by atoms with Crippen LogP contribution in [0.25, 0.3) is 0 Å². The van der Waals surface area contributed by atoms with Gasteiger partial charge in [-0.1, -0.05) is 93.2 Å². The van der Waals surface area contributed by atoms with E-state index >= 15 is 0 Å². The Morgan fingerprint density at radius 1 is 0.415 bits per heavy atom. The van der Waals surface area contributed by atoms with Crippen molar-refractivity contribution in [1.29, 1.82) is 0 Å². The maximum atomic E-state index is 11.8. The van der Waals surface area contributed by atoms with E-state index in [0.29, 0.717) is 19.4 Å². The molecule has 0 heterocycles. The topological polar surface area (TPSA) is 60.4 Å². The van der Waals surface area contributed by atoms with Crippen molar-refractivity contribution >= 4 is 17.5 Å². The molecule has 0 aliphatic carbocycles. The van der Waals surface area contributed by atoms with Crippen molar-refractivity contribution in [3.05, 3.63) is 93.2 Å². The smallest absolute Gasteiger partial charge is 0.316 e. The Kier molecular flexibility index (Phi) is 32.6.